The summed E-state index contributed by atoms with van der Waals surface area (Å²) in [6.45, 7) is 0. The number of benzene rings is 16. The van der Waals surface area contributed by atoms with Gasteiger partial charge in [-0.2, -0.15) is 0 Å². The first kappa shape index (κ1) is 55.6. The molecule has 7 nitrogen and oxygen atoms in total. The number of hydrogen-bond acceptors (Lipinski definition) is 7. The van der Waals surface area contributed by atoms with E-state index in [1.54, 1.807) is 0 Å². The molecule has 0 bridgehead atoms. The Morgan fingerprint density at radius 1 is 0.309 bits per heavy atom. The van der Waals surface area contributed by atoms with Gasteiger partial charge in [-0.3, -0.25) is 0 Å². The van der Waals surface area contributed by atoms with E-state index < -0.39 is 6.23 Å². The summed E-state index contributed by atoms with van der Waals surface area (Å²) in [6, 6.07) is 121. The first-order valence-corrected chi connectivity index (χ1v) is 32.9. The average molecular weight is 1240 g/mol. The Morgan fingerprint density at radius 2 is 0.835 bits per heavy atom. The number of fused-ring (bicyclic) bond motifs is 13. The predicted octanol–water partition coefficient (Wildman–Crippen LogP) is 25.1. The van der Waals surface area contributed by atoms with Crippen LogP contribution >= 0.6 is 0 Å². The zero-order chi connectivity index (χ0) is 63.9. The molecule has 0 aliphatic carbocycles. The van der Waals surface area contributed by atoms with Gasteiger partial charge >= 0.3 is 0 Å². The van der Waals surface area contributed by atoms with Crippen LogP contribution in [0.3, 0.4) is 0 Å². The number of furan rings is 1. The minimum atomic E-state index is -0.432. The Labute approximate surface area is 559 Å². The van der Waals surface area contributed by atoms with E-state index in [1.807, 2.05) is 42.5 Å². The molecule has 1 aliphatic rings. The van der Waals surface area contributed by atoms with Gasteiger partial charge in [0.25, 0.3) is 0 Å². The zero-order valence-corrected chi connectivity index (χ0v) is 52.5. The van der Waals surface area contributed by atoms with Crippen molar-refractivity contribution in [2.24, 2.45) is 0 Å². The van der Waals surface area contributed by atoms with E-state index >= 15 is 0 Å². The number of oxazole rings is 1. The summed E-state index contributed by atoms with van der Waals surface area (Å²) >= 11 is 0. The molecule has 7 heteroatoms. The first-order valence-electron chi connectivity index (χ1n) is 32.9. The largest absolute Gasteiger partial charge is 0.464 e. The molecule has 3 heterocycles. The lowest BCUT2D eigenvalue weighted by atomic mass is 9.97. The molecule has 0 saturated carbocycles. The molecule has 0 spiro atoms. The summed E-state index contributed by atoms with van der Waals surface area (Å²) in [7, 11) is 0. The summed E-state index contributed by atoms with van der Waals surface area (Å²) in [5.74, 6) is 1.44. The highest BCUT2D eigenvalue weighted by molar-refractivity contribution is 6.19. The van der Waals surface area contributed by atoms with Crippen LogP contribution in [0.25, 0.3) is 132 Å². The van der Waals surface area contributed by atoms with Crippen LogP contribution in [0.15, 0.2) is 349 Å². The Bertz CT molecular complexity index is 6100. The highest BCUT2D eigenvalue weighted by Crippen LogP contribution is 2.50. The van der Waals surface area contributed by atoms with Gasteiger partial charge in [-0.15, -0.1) is 0 Å². The molecule has 18 aromatic rings. The topological polar surface area (TPSA) is 66.9 Å². The second-order valence-corrected chi connectivity index (χ2v) is 25.0. The fourth-order valence-electron chi connectivity index (χ4n) is 14.5. The number of aromatic nitrogens is 1. The third-order valence-electron chi connectivity index (χ3n) is 19.2. The summed E-state index contributed by atoms with van der Waals surface area (Å²) < 4.78 is 20.4. The van der Waals surface area contributed by atoms with Crippen molar-refractivity contribution in [1.82, 2.24) is 4.98 Å². The molecular formula is C90H58N4O3. The molecule has 0 amide bonds. The van der Waals surface area contributed by atoms with Gasteiger partial charge in [0.05, 0.1) is 11.4 Å². The van der Waals surface area contributed by atoms with Crippen LogP contribution in [0.4, 0.5) is 39.8 Å². The van der Waals surface area contributed by atoms with E-state index in [2.05, 4.69) is 312 Å². The van der Waals surface area contributed by atoms with Gasteiger partial charge < -0.3 is 28.7 Å². The second-order valence-electron chi connectivity index (χ2n) is 25.0. The maximum absolute atomic E-state index is 7.19. The lowest BCUT2D eigenvalue weighted by Gasteiger charge is -2.28. The van der Waals surface area contributed by atoms with E-state index in [0.717, 1.165) is 172 Å². The Balaban J connectivity index is 0.665. The number of anilines is 7. The van der Waals surface area contributed by atoms with Crippen LogP contribution in [0, 0.1) is 0 Å². The van der Waals surface area contributed by atoms with Crippen molar-refractivity contribution in [2.45, 2.75) is 6.23 Å². The molecule has 456 valence electrons. The number of ether oxygens (including phenoxy) is 1. The molecule has 16 aromatic carbocycles. The SMILES string of the molecule is c1ccc(-c2ccc(N(c3cccc(-c4cccc(-c5cccc(C6Nc7ccc8ccc9ccc(N(c%10ccc%11c(c%10)oc%10ccccc%10%11)c%10ccccc%10-c%10ccccc%10)cc9c8c7O6)c5)c4)c3)c3ccc4ccc5ccc6nc(-c7ccccc7)oc6c5c4c3)cc2)cc1. The Hall–Kier alpha value is -13.0. The standard InChI is InChI=1S/C90H58N4O3/c1-4-17-57(18-5-1)58-37-43-70(44-38-58)93(72-45-39-60-33-35-62-41-49-80-87(85(62)78(60)54-72)96-89(91-80)64-21-8-3-9-22-64)71-28-16-26-68(53-71)66-24-14-23-65(51-66)67-25-15-27-69(52-67)90-92-81-50-42-63-36-34-61-40-46-73(55-79(61)86(63)88(81)97-90)94(82-31-12-10-29-75(82)59-19-6-2-7-20-59)74-47-48-77-76-30-11-13-32-83(76)95-84(77)56-74/h1-56,90,92H. The highest BCUT2D eigenvalue weighted by Gasteiger charge is 2.28. The van der Waals surface area contributed by atoms with Gasteiger partial charge in [0, 0.05) is 72.7 Å². The van der Waals surface area contributed by atoms with Gasteiger partial charge in [0.1, 0.15) is 16.7 Å². The highest BCUT2D eigenvalue weighted by atomic mass is 16.5. The number of rotatable bonds is 12. The van der Waals surface area contributed by atoms with E-state index in [-0.39, 0.29) is 0 Å². The van der Waals surface area contributed by atoms with Crippen LogP contribution in [0.2, 0.25) is 0 Å². The number of para-hydroxylation sites is 2. The van der Waals surface area contributed by atoms with Crippen molar-refractivity contribution >= 4 is 116 Å². The molecule has 0 radical (unpaired) electrons. The predicted molar refractivity (Wildman–Crippen MR) is 401 cm³/mol. The van der Waals surface area contributed by atoms with Crippen LogP contribution in [0.1, 0.15) is 11.8 Å². The molecular weight excluding hydrogens is 1190 g/mol. The Morgan fingerprint density at radius 3 is 1.61 bits per heavy atom. The van der Waals surface area contributed by atoms with E-state index in [9.17, 15) is 0 Å². The normalized spacial score (nSPS) is 12.8. The third kappa shape index (κ3) is 9.79. The lowest BCUT2D eigenvalue weighted by Crippen LogP contribution is -2.11. The number of nitrogens with one attached hydrogen (secondary N) is 1. The summed E-state index contributed by atoms with van der Waals surface area (Å²) in [6.07, 6.45) is -0.432. The number of nitrogens with zero attached hydrogens (tertiary/aromatic N) is 3. The van der Waals surface area contributed by atoms with E-state index in [0.29, 0.717) is 5.89 Å². The smallest absolute Gasteiger partial charge is 0.227 e. The van der Waals surface area contributed by atoms with Crippen molar-refractivity contribution in [1.29, 1.82) is 0 Å². The van der Waals surface area contributed by atoms with Gasteiger partial charge in [-0.1, -0.05) is 224 Å². The molecule has 0 fully saturated rings. The van der Waals surface area contributed by atoms with Crippen LogP contribution in [-0.4, -0.2) is 4.98 Å². The Kier molecular flexibility index (Phi) is 13.2. The molecule has 97 heavy (non-hydrogen) atoms. The monoisotopic (exact) mass is 1240 g/mol. The first-order chi connectivity index (χ1) is 48.0. The summed E-state index contributed by atoms with van der Waals surface area (Å²) in [5, 5.41) is 14.7. The van der Waals surface area contributed by atoms with E-state index in [4.69, 9.17) is 18.6 Å². The van der Waals surface area contributed by atoms with Crippen molar-refractivity contribution in [3.05, 3.63) is 345 Å². The van der Waals surface area contributed by atoms with Crippen LogP contribution in [-0.2, 0) is 0 Å². The van der Waals surface area contributed by atoms with Crippen LogP contribution in [0.5, 0.6) is 5.75 Å². The van der Waals surface area contributed by atoms with Crippen LogP contribution < -0.4 is 19.9 Å². The lowest BCUT2D eigenvalue weighted by molar-refractivity contribution is 0.263. The minimum absolute atomic E-state index is 0.432. The summed E-state index contributed by atoms with van der Waals surface area (Å²) in [4.78, 5) is 9.71. The van der Waals surface area contributed by atoms with Gasteiger partial charge in [0.15, 0.2) is 17.6 Å². The second kappa shape index (κ2) is 22.9. The summed E-state index contributed by atoms with van der Waals surface area (Å²) in [5.41, 5.74) is 21.3. The maximum Gasteiger partial charge on any atom is 0.227 e. The van der Waals surface area contributed by atoms with Gasteiger partial charge in [-0.25, -0.2) is 4.98 Å². The van der Waals surface area contributed by atoms with Crippen molar-refractivity contribution in [3.8, 4) is 61.7 Å². The molecule has 0 saturated heterocycles. The maximum atomic E-state index is 7.19. The minimum Gasteiger partial charge on any atom is -0.464 e. The quantitative estimate of drug-likeness (QED) is 0.122. The molecule has 19 rings (SSSR count). The molecule has 2 aromatic heterocycles. The van der Waals surface area contributed by atoms with Crippen molar-refractivity contribution in [3.63, 3.8) is 0 Å². The zero-order valence-electron chi connectivity index (χ0n) is 52.5. The van der Waals surface area contributed by atoms with E-state index in [1.165, 1.54) is 5.56 Å². The van der Waals surface area contributed by atoms with Crippen molar-refractivity contribution < 1.29 is 13.6 Å². The number of hydrogen-bond donors (Lipinski definition) is 1. The molecule has 1 atom stereocenters. The molecule has 1 unspecified atom stereocenters. The fourth-order valence-corrected chi connectivity index (χ4v) is 14.5. The van der Waals surface area contributed by atoms with Crippen molar-refractivity contribution in [2.75, 3.05) is 15.1 Å². The average Bonchev–Trinajstić information content (AvgIpc) is 1.75. The molecule has 1 aliphatic heterocycles. The van der Waals surface area contributed by atoms with Gasteiger partial charge in [0.2, 0.25) is 5.89 Å². The molecule has 1 N–H and O–H groups in total. The van der Waals surface area contributed by atoms with Gasteiger partial charge in [-0.05, 0) is 180 Å². The third-order valence-corrected chi connectivity index (χ3v) is 19.2. The fraction of sp³-hybridized carbons (Fsp3) is 0.0111.